The van der Waals surface area contributed by atoms with Crippen LogP contribution in [0.5, 0.6) is 0 Å². The van der Waals surface area contributed by atoms with Gasteiger partial charge in [0.05, 0.1) is 16.1 Å². The van der Waals surface area contributed by atoms with Crippen LogP contribution < -0.4 is 21.8 Å². The van der Waals surface area contributed by atoms with E-state index >= 15 is 0 Å². The highest BCUT2D eigenvalue weighted by atomic mass is 28.3. The van der Waals surface area contributed by atoms with Crippen molar-refractivity contribution in [1.82, 2.24) is 0 Å². The summed E-state index contributed by atoms with van der Waals surface area (Å²) in [6.45, 7) is 14.4. The highest BCUT2D eigenvalue weighted by Crippen LogP contribution is 2.49. The van der Waals surface area contributed by atoms with Crippen molar-refractivity contribution in [3.63, 3.8) is 0 Å². The van der Waals surface area contributed by atoms with Crippen molar-refractivity contribution >= 4 is 48.7 Å². The summed E-state index contributed by atoms with van der Waals surface area (Å²) in [6, 6.07) is 31.7. The molecule has 0 aliphatic heterocycles. The summed E-state index contributed by atoms with van der Waals surface area (Å²) < 4.78 is 0. The van der Waals surface area contributed by atoms with Gasteiger partial charge in [-0.2, -0.15) is 0 Å². The molecule has 0 heterocycles. The van der Waals surface area contributed by atoms with Crippen LogP contribution in [0, 0.1) is 0 Å². The molecule has 0 atom stereocenters. The van der Waals surface area contributed by atoms with Crippen molar-refractivity contribution in [2.75, 3.05) is 11.5 Å². The molecule has 0 bridgehead atoms. The molecule has 0 spiro atoms. The second kappa shape index (κ2) is 8.97. The highest BCUT2D eigenvalue weighted by Gasteiger charge is 2.26. The molecule has 4 N–H and O–H groups in total. The summed E-state index contributed by atoms with van der Waals surface area (Å²) in [5, 5.41) is 5.31. The van der Waals surface area contributed by atoms with Gasteiger partial charge in [-0.1, -0.05) is 116 Å². The van der Waals surface area contributed by atoms with Gasteiger partial charge in [-0.25, -0.2) is 0 Å². The van der Waals surface area contributed by atoms with Crippen molar-refractivity contribution < 1.29 is 0 Å². The minimum absolute atomic E-state index is 0.809. The normalized spacial score (nSPS) is 13.0. The van der Waals surface area contributed by atoms with E-state index in [1.807, 2.05) is 6.07 Å². The molecule has 0 unspecified atom stereocenters. The molecule has 1 aliphatic carbocycles. The van der Waals surface area contributed by atoms with Crippen LogP contribution in [0.25, 0.3) is 44.2 Å². The average molecular weight is 543 g/mol. The van der Waals surface area contributed by atoms with Crippen LogP contribution >= 0.6 is 0 Å². The standard InChI is InChI=1S/C35H38N2Si2/c1-38(2,3)27-12-7-22(8-13-27)29-17-18-31-32(37)21-25-19-24-20-26(36)11-16-30(24)34(25)35(31)33(29)23-9-14-28(15-10-23)39(4,5)6/h7-18,20-21H,19,36-37H2,1-6H3. The zero-order valence-electron chi connectivity index (χ0n) is 23.9. The molecule has 2 nitrogen and oxygen atoms in total. The number of hydrogen-bond donors (Lipinski definition) is 2. The summed E-state index contributed by atoms with van der Waals surface area (Å²) in [6.07, 6.45) is 0.860. The first-order valence-electron chi connectivity index (χ1n) is 13.9. The largest absolute Gasteiger partial charge is 0.399 e. The molecule has 39 heavy (non-hydrogen) atoms. The smallest absolute Gasteiger partial charge is 0.0775 e. The molecule has 0 fully saturated rings. The minimum Gasteiger partial charge on any atom is -0.399 e. The Morgan fingerprint density at radius 1 is 0.538 bits per heavy atom. The summed E-state index contributed by atoms with van der Waals surface area (Å²) in [5.74, 6) is 0. The quantitative estimate of drug-likeness (QED) is 0.175. The maximum atomic E-state index is 6.76. The van der Waals surface area contributed by atoms with Crippen LogP contribution in [0.3, 0.4) is 0 Å². The first-order chi connectivity index (χ1) is 18.4. The fourth-order valence-electron chi connectivity index (χ4n) is 6.08. The van der Waals surface area contributed by atoms with Crippen LogP contribution in [-0.2, 0) is 6.42 Å². The Bertz CT molecular complexity index is 1740. The first-order valence-corrected chi connectivity index (χ1v) is 20.9. The van der Waals surface area contributed by atoms with Gasteiger partial charge in [0.15, 0.2) is 0 Å². The Kier molecular flexibility index (Phi) is 5.90. The van der Waals surface area contributed by atoms with E-state index in [4.69, 9.17) is 11.5 Å². The number of benzene rings is 5. The number of rotatable bonds is 4. The lowest BCUT2D eigenvalue weighted by Crippen LogP contribution is -2.37. The second-order valence-electron chi connectivity index (χ2n) is 13.2. The number of fused-ring (bicyclic) bond motifs is 5. The van der Waals surface area contributed by atoms with Crippen molar-refractivity contribution in [2.45, 2.75) is 45.7 Å². The van der Waals surface area contributed by atoms with Crippen LogP contribution in [0.4, 0.5) is 11.4 Å². The SMILES string of the molecule is C[Si](C)(C)c1ccc(-c2ccc3c(N)cc4c(c3c2-c2ccc([Si](C)(C)C)cc2)-c2ccc(N)cc2C4)cc1. The van der Waals surface area contributed by atoms with Gasteiger partial charge in [-0.05, 0) is 69.1 Å². The highest BCUT2D eigenvalue weighted by molar-refractivity contribution is 6.89. The Balaban J connectivity index is 1.69. The maximum Gasteiger partial charge on any atom is 0.0775 e. The van der Waals surface area contributed by atoms with E-state index in [1.165, 1.54) is 60.3 Å². The molecule has 0 aromatic heterocycles. The van der Waals surface area contributed by atoms with Crippen LogP contribution in [0.1, 0.15) is 11.1 Å². The van der Waals surface area contributed by atoms with Crippen LogP contribution in [0.15, 0.2) is 84.9 Å². The summed E-state index contributed by atoms with van der Waals surface area (Å²) in [5.41, 5.74) is 24.8. The number of anilines is 2. The molecule has 5 aromatic rings. The Labute approximate surface area is 234 Å². The fraction of sp³-hybridized carbons (Fsp3) is 0.200. The molecule has 6 rings (SSSR count). The van der Waals surface area contributed by atoms with Crippen LogP contribution in [0.2, 0.25) is 39.3 Å². The lowest BCUT2D eigenvalue weighted by molar-refractivity contribution is 1.27. The number of nitrogen functional groups attached to an aromatic ring is 2. The third-order valence-electron chi connectivity index (χ3n) is 8.30. The summed E-state index contributed by atoms with van der Waals surface area (Å²) in [7, 11) is -2.81. The van der Waals surface area contributed by atoms with E-state index in [0.29, 0.717) is 0 Å². The van der Waals surface area contributed by atoms with Gasteiger partial charge in [0, 0.05) is 22.1 Å². The molecule has 5 aromatic carbocycles. The molecular formula is C35H38N2Si2. The molecule has 0 saturated carbocycles. The maximum absolute atomic E-state index is 6.76. The fourth-order valence-corrected chi connectivity index (χ4v) is 8.42. The molecule has 4 heteroatoms. The van der Waals surface area contributed by atoms with Gasteiger partial charge < -0.3 is 11.5 Å². The van der Waals surface area contributed by atoms with Crippen molar-refractivity contribution in [3.8, 4) is 33.4 Å². The lowest BCUT2D eigenvalue weighted by atomic mass is 9.85. The van der Waals surface area contributed by atoms with Gasteiger partial charge in [0.1, 0.15) is 0 Å². The third-order valence-corrected chi connectivity index (χ3v) is 12.4. The van der Waals surface area contributed by atoms with Crippen molar-refractivity contribution in [1.29, 1.82) is 0 Å². The molecule has 196 valence electrons. The molecule has 0 amide bonds. The molecule has 0 saturated heterocycles. The van der Waals surface area contributed by atoms with Gasteiger partial charge in [0.25, 0.3) is 0 Å². The van der Waals surface area contributed by atoms with Gasteiger partial charge in [0.2, 0.25) is 0 Å². The summed E-state index contributed by atoms with van der Waals surface area (Å²) >= 11 is 0. The van der Waals surface area contributed by atoms with Crippen molar-refractivity contribution in [3.05, 3.63) is 96.1 Å². The van der Waals surface area contributed by atoms with E-state index in [9.17, 15) is 0 Å². The van der Waals surface area contributed by atoms with Crippen molar-refractivity contribution in [2.24, 2.45) is 0 Å². The first kappa shape index (κ1) is 25.7. The second-order valence-corrected chi connectivity index (χ2v) is 23.3. The predicted octanol–water partition coefficient (Wildman–Crippen LogP) is 8.00. The zero-order valence-corrected chi connectivity index (χ0v) is 25.9. The lowest BCUT2D eigenvalue weighted by Gasteiger charge is -2.21. The van der Waals surface area contributed by atoms with E-state index in [2.05, 4.69) is 118 Å². The average Bonchev–Trinajstić information content (AvgIpc) is 3.24. The molecule has 0 radical (unpaired) electrons. The third kappa shape index (κ3) is 4.42. The molecule has 1 aliphatic rings. The van der Waals surface area contributed by atoms with Gasteiger partial charge in [-0.3, -0.25) is 0 Å². The number of hydrogen-bond acceptors (Lipinski definition) is 2. The van der Waals surface area contributed by atoms with E-state index in [-0.39, 0.29) is 0 Å². The number of nitrogens with two attached hydrogens (primary N) is 2. The summed E-state index contributed by atoms with van der Waals surface area (Å²) in [4.78, 5) is 0. The Morgan fingerprint density at radius 3 is 1.69 bits per heavy atom. The topological polar surface area (TPSA) is 52.0 Å². The van der Waals surface area contributed by atoms with Gasteiger partial charge >= 0.3 is 0 Å². The minimum atomic E-state index is -1.42. The van der Waals surface area contributed by atoms with E-state index in [1.54, 1.807) is 0 Å². The Morgan fingerprint density at radius 2 is 1.10 bits per heavy atom. The van der Waals surface area contributed by atoms with E-state index < -0.39 is 16.1 Å². The zero-order chi connectivity index (χ0) is 27.7. The monoisotopic (exact) mass is 542 g/mol. The predicted molar refractivity (Wildman–Crippen MR) is 178 cm³/mol. The van der Waals surface area contributed by atoms with E-state index in [0.717, 1.165) is 23.2 Å². The van der Waals surface area contributed by atoms with Gasteiger partial charge in [-0.15, -0.1) is 0 Å². The van der Waals surface area contributed by atoms with Crippen LogP contribution in [-0.4, -0.2) is 16.1 Å². The molecular weight excluding hydrogens is 505 g/mol. The Hall–Kier alpha value is -3.61.